The number of benzene rings is 1. The summed E-state index contributed by atoms with van der Waals surface area (Å²) >= 11 is 2.30. The van der Waals surface area contributed by atoms with E-state index in [0.29, 0.717) is 23.3 Å². The Labute approximate surface area is 135 Å². The molecule has 2 atom stereocenters. The highest BCUT2D eigenvalue weighted by Crippen LogP contribution is 2.28. The van der Waals surface area contributed by atoms with Gasteiger partial charge in [-0.3, -0.25) is 0 Å². The van der Waals surface area contributed by atoms with Crippen LogP contribution in [0.15, 0.2) is 24.3 Å². The van der Waals surface area contributed by atoms with Crippen molar-refractivity contribution in [2.75, 3.05) is 24.6 Å². The van der Waals surface area contributed by atoms with Crippen LogP contribution < -0.4 is 5.32 Å². The fourth-order valence-corrected chi connectivity index (χ4v) is 5.13. The average Bonchev–Trinajstić information content (AvgIpc) is 2.77. The van der Waals surface area contributed by atoms with Gasteiger partial charge in [0.25, 0.3) is 0 Å². The molecule has 1 fully saturated rings. The van der Waals surface area contributed by atoms with Crippen molar-refractivity contribution < 1.29 is 8.42 Å². The first kappa shape index (κ1) is 16.2. The molecule has 1 aromatic rings. The van der Waals surface area contributed by atoms with Gasteiger partial charge >= 0.3 is 0 Å². The van der Waals surface area contributed by atoms with E-state index in [9.17, 15) is 8.42 Å². The SMILES string of the molecule is CCNCC(Cc1ccc(I)cc1)C1CCS(=O)(=O)C1. The summed E-state index contributed by atoms with van der Waals surface area (Å²) in [6.07, 6.45) is 1.78. The molecule has 112 valence electrons. The van der Waals surface area contributed by atoms with Crippen LogP contribution in [-0.4, -0.2) is 33.0 Å². The van der Waals surface area contributed by atoms with Gasteiger partial charge in [0.05, 0.1) is 11.5 Å². The maximum absolute atomic E-state index is 11.7. The van der Waals surface area contributed by atoms with Crippen molar-refractivity contribution in [3.05, 3.63) is 33.4 Å². The van der Waals surface area contributed by atoms with Crippen LogP contribution in [-0.2, 0) is 16.3 Å². The van der Waals surface area contributed by atoms with Crippen LogP contribution in [0.2, 0.25) is 0 Å². The summed E-state index contributed by atoms with van der Waals surface area (Å²) in [5, 5.41) is 3.39. The Morgan fingerprint density at radius 3 is 2.60 bits per heavy atom. The van der Waals surface area contributed by atoms with Crippen molar-refractivity contribution >= 4 is 32.4 Å². The van der Waals surface area contributed by atoms with Gasteiger partial charge in [0, 0.05) is 3.57 Å². The minimum Gasteiger partial charge on any atom is -0.317 e. The Hall–Kier alpha value is -0.140. The number of nitrogens with one attached hydrogen (secondary N) is 1. The maximum atomic E-state index is 11.7. The normalized spacial score (nSPS) is 22.8. The van der Waals surface area contributed by atoms with Gasteiger partial charge in [-0.15, -0.1) is 0 Å². The quantitative estimate of drug-likeness (QED) is 0.738. The number of halogens is 1. The first-order chi connectivity index (χ1) is 9.50. The number of rotatable bonds is 6. The highest BCUT2D eigenvalue weighted by molar-refractivity contribution is 14.1. The van der Waals surface area contributed by atoms with Crippen LogP contribution in [0.5, 0.6) is 0 Å². The van der Waals surface area contributed by atoms with Crippen LogP contribution in [0, 0.1) is 15.4 Å². The van der Waals surface area contributed by atoms with E-state index in [1.54, 1.807) is 0 Å². The lowest BCUT2D eigenvalue weighted by molar-refractivity contribution is 0.346. The standard InChI is InChI=1S/C15H22INO2S/c1-2-17-10-14(13-7-8-20(18,19)11-13)9-12-3-5-15(16)6-4-12/h3-6,13-14,17H,2,7-11H2,1H3. The Bertz CT molecular complexity index is 527. The lowest BCUT2D eigenvalue weighted by atomic mass is 9.86. The molecule has 0 radical (unpaired) electrons. The van der Waals surface area contributed by atoms with Crippen molar-refractivity contribution in [2.45, 2.75) is 19.8 Å². The second kappa shape index (κ2) is 7.22. The van der Waals surface area contributed by atoms with Gasteiger partial charge < -0.3 is 5.32 Å². The third kappa shape index (κ3) is 4.70. The first-order valence-electron chi connectivity index (χ1n) is 7.16. The zero-order valence-electron chi connectivity index (χ0n) is 11.8. The van der Waals surface area contributed by atoms with Crippen LogP contribution in [0.4, 0.5) is 0 Å². The van der Waals surface area contributed by atoms with Crippen molar-refractivity contribution in [1.82, 2.24) is 5.32 Å². The fourth-order valence-electron chi connectivity index (χ4n) is 2.85. The largest absolute Gasteiger partial charge is 0.317 e. The molecule has 1 saturated heterocycles. The van der Waals surface area contributed by atoms with E-state index in [1.807, 2.05) is 0 Å². The second-order valence-corrected chi connectivity index (χ2v) is 9.04. The smallest absolute Gasteiger partial charge is 0.150 e. The van der Waals surface area contributed by atoms with E-state index < -0.39 is 9.84 Å². The van der Waals surface area contributed by atoms with Crippen molar-refractivity contribution in [1.29, 1.82) is 0 Å². The lowest BCUT2D eigenvalue weighted by Gasteiger charge is -2.23. The lowest BCUT2D eigenvalue weighted by Crippen LogP contribution is -2.30. The van der Waals surface area contributed by atoms with Gasteiger partial charge in [0.2, 0.25) is 0 Å². The fraction of sp³-hybridized carbons (Fsp3) is 0.600. The minimum atomic E-state index is -2.79. The molecular formula is C15H22INO2S. The van der Waals surface area contributed by atoms with E-state index in [4.69, 9.17) is 0 Å². The maximum Gasteiger partial charge on any atom is 0.150 e. The van der Waals surface area contributed by atoms with Gasteiger partial charge in [0.1, 0.15) is 0 Å². The molecule has 1 aliphatic rings. The van der Waals surface area contributed by atoms with Crippen LogP contribution in [0.25, 0.3) is 0 Å². The molecule has 0 bridgehead atoms. The molecule has 1 N–H and O–H groups in total. The second-order valence-electron chi connectivity index (χ2n) is 5.56. The predicted octanol–water partition coefficient (Wildman–Crippen LogP) is 2.49. The molecule has 0 spiro atoms. The van der Waals surface area contributed by atoms with Crippen LogP contribution >= 0.6 is 22.6 Å². The van der Waals surface area contributed by atoms with Gasteiger partial charge in [-0.2, -0.15) is 0 Å². The van der Waals surface area contributed by atoms with Gasteiger partial charge in [-0.25, -0.2) is 8.42 Å². The van der Waals surface area contributed by atoms with Crippen LogP contribution in [0.1, 0.15) is 18.9 Å². The third-order valence-electron chi connectivity index (χ3n) is 4.00. The molecule has 5 heteroatoms. The molecule has 20 heavy (non-hydrogen) atoms. The zero-order valence-corrected chi connectivity index (χ0v) is 14.8. The zero-order chi connectivity index (χ0) is 14.6. The molecule has 0 aromatic heterocycles. The molecule has 0 aliphatic carbocycles. The Morgan fingerprint density at radius 2 is 2.05 bits per heavy atom. The highest BCUT2D eigenvalue weighted by Gasteiger charge is 2.33. The number of hydrogen-bond donors (Lipinski definition) is 1. The molecule has 1 aliphatic heterocycles. The monoisotopic (exact) mass is 407 g/mol. The molecular weight excluding hydrogens is 385 g/mol. The highest BCUT2D eigenvalue weighted by atomic mass is 127. The minimum absolute atomic E-state index is 0.304. The van der Waals surface area contributed by atoms with Gasteiger partial charge in [-0.1, -0.05) is 19.1 Å². The van der Waals surface area contributed by atoms with Crippen molar-refractivity contribution in [3.63, 3.8) is 0 Å². The van der Waals surface area contributed by atoms with Crippen molar-refractivity contribution in [3.8, 4) is 0 Å². The molecule has 3 nitrogen and oxygen atoms in total. The molecule has 2 unspecified atom stereocenters. The Kier molecular flexibility index (Phi) is 5.86. The van der Waals surface area contributed by atoms with Crippen LogP contribution in [0.3, 0.4) is 0 Å². The average molecular weight is 407 g/mol. The first-order valence-corrected chi connectivity index (χ1v) is 10.1. The van der Waals surface area contributed by atoms with E-state index in [0.717, 1.165) is 25.9 Å². The van der Waals surface area contributed by atoms with Gasteiger partial charge in [0.15, 0.2) is 9.84 Å². The molecule has 2 rings (SSSR count). The number of sulfone groups is 1. The molecule has 0 amide bonds. The predicted molar refractivity (Wildman–Crippen MR) is 91.7 cm³/mol. The van der Waals surface area contributed by atoms with Crippen molar-refractivity contribution in [2.24, 2.45) is 11.8 Å². The Morgan fingerprint density at radius 1 is 1.35 bits per heavy atom. The summed E-state index contributed by atoms with van der Waals surface area (Å²) in [6, 6.07) is 8.55. The molecule has 1 aromatic carbocycles. The van der Waals surface area contributed by atoms with E-state index in [2.05, 4.69) is 59.1 Å². The summed E-state index contributed by atoms with van der Waals surface area (Å²) in [4.78, 5) is 0. The topological polar surface area (TPSA) is 46.2 Å². The third-order valence-corrected chi connectivity index (χ3v) is 6.51. The molecule has 0 saturated carbocycles. The van der Waals surface area contributed by atoms with Gasteiger partial charge in [-0.05, 0) is 78.1 Å². The van der Waals surface area contributed by atoms with E-state index in [1.165, 1.54) is 9.13 Å². The summed E-state index contributed by atoms with van der Waals surface area (Å²) < 4.78 is 24.6. The number of hydrogen-bond acceptors (Lipinski definition) is 3. The molecule has 1 heterocycles. The summed E-state index contributed by atoms with van der Waals surface area (Å²) in [5.41, 5.74) is 1.30. The Balaban J connectivity index is 2.05. The summed E-state index contributed by atoms with van der Waals surface area (Å²) in [7, 11) is -2.79. The van der Waals surface area contributed by atoms with E-state index in [-0.39, 0.29) is 0 Å². The summed E-state index contributed by atoms with van der Waals surface area (Å²) in [5.74, 6) is 1.45. The summed E-state index contributed by atoms with van der Waals surface area (Å²) in [6.45, 7) is 3.93. The van der Waals surface area contributed by atoms with E-state index >= 15 is 0 Å².